The lowest BCUT2D eigenvalue weighted by Gasteiger charge is -2.44. The lowest BCUT2D eigenvalue weighted by molar-refractivity contribution is 0.163. The van der Waals surface area contributed by atoms with Crippen molar-refractivity contribution >= 4 is 27.3 Å². The molecule has 16 heavy (non-hydrogen) atoms. The smallest absolute Gasteiger partial charge is 0.0285 e. The third-order valence-electron chi connectivity index (χ3n) is 3.62. The molecular weight excluding hydrogens is 282 g/mol. The van der Waals surface area contributed by atoms with Crippen LogP contribution in [0.4, 0.5) is 0 Å². The number of thiophene rings is 1. The lowest BCUT2D eigenvalue weighted by Crippen LogP contribution is -2.48. The molecule has 90 valence electrons. The Labute approximate surface area is 111 Å². The molecule has 3 heteroatoms. The summed E-state index contributed by atoms with van der Waals surface area (Å²) in [5, 5.41) is 5.87. The van der Waals surface area contributed by atoms with Crippen molar-refractivity contribution in [3.05, 3.63) is 20.8 Å². The van der Waals surface area contributed by atoms with Crippen molar-refractivity contribution in [2.24, 2.45) is 5.92 Å². The normalized spacial score (nSPS) is 29.1. The van der Waals surface area contributed by atoms with E-state index in [9.17, 15) is 0 Å². The second-order valence-corrected chi connectivity index (χ2v) is 6.50. The molecule has 2 rings (SSSR count). The van der Waals surface area contributed by atoms with Crippen LogP contribution in [0.3, 0.4) is 0 Å². The molecule has 0 amide bonds. The molecule has 1 aliphatic carbocycles. The van der Waals surface area contributed by atoms with Gasteiger partial charge in [0, 0.05) is 20.8 Å². The van der Waals surface area contributed by atoms with E-state index in [4.69, 9.17) is 0 Å². The van der Waals surface area contributed by atoms with E-state index in [0.717, 1.165) is 17.9 Å². The zero-order chi connectivity index (χ0) is 11.5. The van der Waals surface area contributed by atoms with Crippen molar-refractivity contribution in [1.82, 2.24) is 5.32 Å². The molecule has 3 atom stereocenters. The van der Waals surface area contributed by atoms with E-state index < -0.39 is 0 Å². The summed E-state index contributed by atoms with van der Waals surface area (Å²) < 4.78 is 1.24. The van der Waals surface area contributed by atoms with Crippen LogP contribution in [0.5, 0.6) is 0 Å². The minimum Gasteiger partial charge on any atom is -0.314 e. The average molecular weight is 302 g/mol. The quantitative estimate of drug-likeness (QED) is 0.850. The Morgan fingerprint density at radius 3 is 2.88 bits per heavy atom. The summed E-state index contributed by atoms with van der Waals surface area (Å²) in [5.74, 6) is 1.65. The topological polar surface area (TPSA) is 12.0 Å². The Morgan fingerprint density at radius 1 is 1.50 bits per heavy atom. The minimum atomic E-state index is 0.760. The van der Waals surface area contributed by atoms with Gasteiger partial charge in [-0.1, -0.05) is 20.3 Å². The molecule has 0 radical (unpaired) electrons. The summed E-state index contributed by atoms with van der Waals surface area (Å²) >= 11 is 5.45. The molecule has 0 saturated heterocycles. The fraction of sp³-hybridized carbons (Fsp3) is 0.692. The molecule has 0 spiro atoms. The summed E-state index contributed by atoms with van der Waals surface area (Å²) in [5.41, 5.74) is 0. The summed E-state index contributed by atoms with van der Waals surface area (Å²) in [6.45, 7) is 5.72. The summed E-state index contributed by atoms with van der Waals surface area (Å²) in [7, 11) is 0. The van der Waals surface area contributed by atoms with E-state index in [0.29, 0.717) is 0 Å². The van der Waals surface area contributed by atoms with Crippen LogP contribution >= 0.6 is 27.3 Å². The predicted molar refractivity (Wildman–Crippen MR) is 75.2 cm³/mol. The van der Waals surface area contributed by atoms with Crippen LogP contribution < -0.4 is 5.32 Å². The van der Waals surface area contributed by atoms with Gasteiger partial charge < -0.3 is 5.32 Å². The molecule has 1 aromatic heterocycles. The standard InChI is InChI=1S/C13H20BrNS/c1-3-5-15-12-7-11(10(12)4-2)13-6-9(14)8-16-13/h6,8,10-12,15H,3-5,7H2,1-2H3. The molecule has 1 N–H and O–H groups in total. The average Bonchev–Trinajstić information content (AvgIpc) is 2.64. The third kappa shape index (κ3) is 2.52. The van der Waals surface area contributed by atoms with Crippen LogP contribution in [-0.4, -0.2) is 12.6 Å². The van der Waals surface area contributed by atoms with Gasteiger partial charge in [-0.15, -0.1) is 11.3 Å². The second-order valence-electron chi connectivity index (χ2n) is 4.64. The Hall–Kier alpha value is 0.140. The predicted octanol–water partition coefficient (Wildman–Crippen LogP) is 4.39. The molecule has 1 fully saturated rings. The lowest BCUT2D eigenvalue weighted by atomic mass is 9.67. The first-order chi connectivity index (χ1) is 7.76. The van der Waals surface area contributed by atoms with Gasteiger partial charge >= 0.3 is 0 Å². The number of hydrogen-bond acceptors (Lipinski definition) is 2. The molecular formula is C13H20BrNS. The van der Waals surface area contributed by atoms with Gasteiger partial charge in [0.25, 0.3) is 0 Å². The molecule has 1 aromatic rings. The first kappa shape index (κ1) is 12.6. The first-order valence-corrected chi connectivity index (χ1v) is 7.90. The molecule has 0 aromatic carbocycles. The van der Waals surface area contributed by atoms with Crippen molar-refractivity contribution in [2.45, 2.75) is 45.1 Å². The molecule has 1 aliphatic rings. The van der Waals surface area contributed by atoms with Gasteiger partial charge in [0.05, 0.1) is 0 Å². The summed E-state index contributed by atoms with van der Waals surface area (Å²) in [4.78, 5) is 1.56. The largest absolute Gasteiger partial charge is 0.314 e. The van der Waals surface area contributed by atoms with Crippen LogP contribution in [-0.2, 0) is 0 Å². The van der Waals surface area contributed by atoms with Crippen LogP contribution in [0.1, 0.15) is 43.9 Å². The van der Waals surface area contributed by atoms with E-state index in [1.165, 1.54) is 30.3 Å². The maximum Gasteiger partial charge on any atom is 0.0285 e. The van der Waals surface area contributed by atoms with Crippen LogP contribution in [0.25, 0.3) is 0 Å². The van der Waals surface area contributed by atoms with E-state index in [1.807, 2.05) is 11.3 Å². The van der Waals surface area contributed by atoms with Crippen molar-refractivity contribution in [2.75, 3.05) is 6.54 Å². The van der Waals surface area contributed by atoms with Gasteiger partial charge in [0.2, 0.25) is 0 Å². The van der Waals surface area contributed by atoms with Gasteiger partial charge in [0.15, 0.2) is 0 Å². The van der Waals surface area contributed by atoms with Crippen molar-refractivity contribution in [1.29, 1.82) is 0 Å². The molecule has 1 saturated carbocycles. The monoisotopic (exact) mass is 301 g/mol. The fourth-order valence-electron chi connectivity index (χ4n) is 2.69. The number of rotatable bonds is 5. The highest BCUT2D eigenvalue weighted by molar-refractivity contribution is 9.10. The van der Waals surface area contributed by atoms with Crippen molar-refractivity contribution in [3.63, 3.8) is 0 Å². The highest BCUT2D eigenvalue weighted by Crippen LogP contribution is 2.47. The van der Waals surface area contributed by atoms with Gasteiger partial charge in [-0.2, -0.15) is 0 Å². The highest BCUT2D eigenvalue weighted by atomic mass is 79.9. The maximum absolute atomic E-state index is 3.67. The van der Waals surface area contributed by atoms with Crippen LogP contribution in [0, 0.1) is 5.92 Å². The van der Waals surface area contributed by atoms with Crippen molar-refractivity contribution < 1.29 is 0 Å². The van der Waals surface area contributed by atoms with E-state index >= 15 is 0 Å². The second kappa shape index (κ2) is 5.65. The summed E-state index contributed by atoms with van der Waals surface area (Å²) in [6.07, 6.45) is 3.86. The Kier molecular flexibility index (Phi) is 4.45. The zero-order valence-corrected chi connectivity index (χ0v) is 12.4. The molecule has 0 aliphatic heterocycles. The fourth-order valence-corrected chi connectivity index (χ4v) is 4.33. The molecule has 1 heterocycles. The maximum atomic E-state index is 3.67. The Bertz CT molecular complexity index is 336. The SMILES string of the molecule is CCCNC1CC(c2cc(Br)cs2)C1CC. The van der Waals surface area contributed by atoms with Gasteiger partial charge in [0.1, 0.15) is 0 Å². The summed E-state index contributed by atoms with van der Waals surface area (Å²) in [6, 6.07) is 3.06. The van der Waals surface area contributed by atoms with E-state index in [1.54, 1.807) is 4.88 Å². The number of nitrogens with one attached hydrogen (secondary N) is 1. The third-order valence-corrected chi connectivity index (χ3v) is 5.45. The highest BCUT2D eigenvalue weighted by Gasteiger charge is 2.40. The number of hydrogen-bond donors (Lipinski definition) is 1. The van der Waals surface area contributed by atoms with Crippen molar-refractivity contribution in [3.8, 4) is 0 Å². The van der Waals surface area contributed by atoms with Gasteiger partial charge in [-0.3, -0.25) is 0 Å². The Balaban J connectivity index is 1.94. The molecule has 3 unspecified atom stereocenters. The van der Waals surface area contributed by atoms with Crippen LogP contribution in [0.2, 0.25) is 0 Å². The first-order valence-electron chi connectivity index (χ1n) is 6.23. The molecule has 0 bridgehead atoms. The van der Waals surface area contributed by atoms with Gasteiger partial charge in [-0.25, -0.2) is 0 Å². The number of halogens is 1. The minimum absolute atomic E-state index is 0.760. The van der Waals surface area contributed by atoms with Crippen LogP contribution in [0.15, 0.2) is 15.9 Å². The Morgan fingerprint density at radius 2 is 2.31 bits per heavy atom. The zero-order valence-electron chi connectivity index (χ0n) is 10.0. The van der Waals surface area contributed by atoms with E-state index in [2.05, 4.69) is 46.5 Å². The van der Waals surface area contributed by atoms with Gasteiger partial charge in [-0.05, 0) is 53.2 Å². The van der Waals surface area contributed by atoms with E-state index in [-0.39, 0.29) is 0 Å². The molecule has 1 nitrogen and oxygen atoms in total.